The summed E-state index contributed by atoms with van der Waals surface area (Å²) < 4.78 is 119. The molecule has 4 nitrogen and oxygen atoms in total. The number of ether oxygens (including phenoxy) is 1. The van der Waals surface area contributed by atoms with Crippen LogP contribution < -0.4 is 9.64 Å². The van der Waals surface area contributed by atoms with Crippen LogP contribution in [0.2, 0.25) is 0 Å². The van der Waals surface area contributed by atoms with Crippen molar-refractivity contribution in [3.63, 3.8) is 0 Å². The molecule has 0 unspecified atom stereocenters. The molecular weight excluding hydrogens is 445 g/mol. The molecule has 0 N–H and O–H groups in total. The van der Waals surface area contributed by atoms with Crippen LogP contribution in [0.15, 0.2) is 58.8 Å². The fraction of sp³-hybridized carbons (Fsp3) is 0.333. The lowest BCUT2D eigenvalue weighted by molar-refractivity contribution is -0.428. The van der Waals surface area contributed by atoms with Gasteiger partial charge in [-0.25, -0.2) is 0 Å². The number of nitrogens with zero attached hydrogens (tertiary/aromatic N) is 3. The third-order valence-corrected chi connectivity index (χ3v) is 3.85. The van der Waals surface area contributed by atoms with E-state index in [1.165, 1.54) is 0 Å². The molecule has 0 aliphatic rings. The molecule has 0 aromatic heterocycles. The average Bonchev–Trinajstić information content (AvgIpc) is 2.66. The molecule has 170 valence electrons. The number of alkyl halides is 9. The Kier molecular flexibility index (Phi) is 6.48. The molecule has 0 saturated carbocycles. The summed E-state index contributed by atoms with van der Waals surface area (Å²) in [5, 5.41) is 7.61. The molecule has 0 aliphatic heterocycles. The predicted molar refractivity (Wildman–Crippen MR) is 92.9 cm³/mol. The van der Waals surface area contributed by atoms with Gasteiger partial charge in [-0.15, -0.1) is 0 Å². The summed E-state index contributed by atoms with van der Waals surface area (Å²) in [4.78, 5) is 1.84. The number of benzene rings is 2. The Morgan fingerprint density at radius 3 is 1.45 bits per heavy atom. The molecule has 0 spiro atoms. The first-order valence-electron chi connectivity index (χ1n) is 8.27. The second-order valence-electron chi connectivity index (χ2n) is 6.37. The Morgan fingerprint density at radius 2 is 1.06 bits per heavy atom. The molecule has 0 saturated heterocycles. The van der Waals surface area contributed by atoms with Crippen molar-refractivity contribution in [2.75, 3.05) is 19.0 Å². The molecule has 0 amide bonds. The topological polar surface area (TPSA) is 37.2 Å². The summed E-state index contributed by atoms with van der Waals surface area (Å²) in [6.45, 7) is 0. The van der Waals surface area contributed by atoms with Crippen molar-refractivity contribution in [2.24, 2.45) is 10.2 Å². The quantitative estimate of drug-likeness (QED) is 0.331. The van der Waals surface area contributed by atoms with Crippen LogP contribution in [0.3, 0.4) is 0 Å². The first-order valence-corrected chi connectivity index (χ1v) is 8.27. The lowest BCUT2D eigenvalue weighted by Crippen LogP contribution is -2.62. The van der Waals surface area contributed by atoms with Crippen molar-refractivity contribution >= 4 is 17.1 Å². The number of halogens is 9. The van der Waals surface area contributed by atoms with Gasteiger partial charge in [0, 0.05) is 19.8 Å². The van der Waals surface area contributed by atoms with Crippen molar-refractivity contribution in [1.29, 1.82) is 0 Å². The summed E-state index contributed by atoms with van der Waals surface area (Å²) >= 11 is 0. The standard InChI is InChI=1S/C18H14F9N3O/c1-30(2)13-7-3-11(4-8-13)28-29-12-5-9-14(10-6-12)31-18(26,27)16(21,22)15(19,20)17(23,24)25/h3-10H,1-2H3. The maximum atomic E-state index is 13.5. The minimum Gasteiger partial charge on any atom is -0.428 e. The zero-order chi connectivity index (χ0) is 23.7. The Labute approximate surface area is 169 Å². The van der Waals surface area contributed by atoms with Gasteiger partial charge in [0.05, 0.1) is 11.4 Å². The van der Waals surface area contributed by atoms with Crippen molar-refractivity contribution in [1.82, 2.24) is 0 Å². The van der Waals surface area contributed by atoms with Gasteiger partial charge in [0.15, 0.2) is 0 Å². The molecule has 0 atom stereocenters. The van der Waals surface area contributed by atoms with E-state index in [-0.39, 0.29) is 5.69 Å². The van der Waals surface area contributed by atoms with E-state index in [9.17, 15) is 39.5 Å². The van der Waals surface area contributed by atoms with Crippen LogP contribution >= 0.6 is 0 Å². The van der Waals surface area contributed by atoms with Gasteiger partial charge >= 0.3 is 24.1 Å². The van der Waals surface area contributed by atoms with E-state index in [4.69, 9.17) is 0 Å². The monoisotopic (exact) mass is 459 g/mol. The second-order valence-corrected chi connectivity index (χ2v) is 6.37. The van der Waals surface area contributed by atoms with Crippen LogP contribution in [0.4, 0.5) is 56.6 Å². The first kappa shape index (κ1) is 24.3. The SMILES string of the molecule is CN(C)c1ccc(N=Nc2ccc(OC(F)(F)C(F)(F)C(F)(F)C(F)(F)F)cc2)cc1. The predicted octanol–water partition coefficient (Wildman–Crippen LogP) is 6.97. The maximum Gasteiger partial charge on any atom is 0.471 e. The molecule has 0 bridgehead atoms. The normalized spacial score (nSPS) is 13.5. The van der Waals surface area contributed by atoms with Crippen molar-refractivity contribution in [3.8, 4) is 5.75 Å². The highest BCUT2D eigenvalue weighted by atomic mass is 19.4. The number of hydrogen-bond donors (Lipinski definition) is 0. The zero-order valence-corrected chi connectivity index (χ0v) is 15.8. The largest absolute Gasteiger partial charge is 0.471 e. The molecule has 31 heavy (non-hydrogen) atoms. The molecule has 0 heterocycles. The Bertz CT molecular complexity index is 908. The third-order valence-electron chi connectivity index (χ3n) is 3.85. The van der Waals surface area contributed by atoms with Crippen LogP contribution in [0.1, 0.15) is 0 Å². The summed E-state index contributed by atoms with van der Waals surface area (Å²) in [6, 6.07) is 9.93. The minimum atomic E-state index is -7.03. The molecule has 0 radical (unpaired) electrons. The van der Waals surface area contributed by atoms with Crippen molar-refractivity contribution in [2.45, 2.75) is 24.1 Å². The zero-order valence-electron chi connectivity index (χ0n) is 15.8. The number of rotatable bonds is 7. The van der Waals surface area contributed by atoms with E-state index in [2.05, 4.69) is 15.0 Å². The lowest BCUT2D eigenvalue weighted by Gasteiger charge is -2.32. The van der Waals surface area contributed by atoms with Gasteiger partial charge < -0.3 is 9.64 Å². The maximum absolute atomic E-state index is 13.5. The van der Waals surface area contributed by atoms with Gasteiger partial charge in [0.25, 0.3) is 0 Å². The fourth-order valence-electron chi connectivity index (χ4n) is 2.09. The van der Waals surface area contributed by atoms with E-state index in [0.717, 1.165) is 17.8 Å². The Morgan fingerprint density at radius 1 is 0.645 bits per heavy atom. The van der Waals surface area contributed by atoms with Gasteiger partial charge in [-0.3, -0.25) is 0 Å². The highest BCUT2D eigenvalue weighted by molar-refractivity contribution is 5.52. The van der Waals surface area contributed by atoms with Crippen molar-refractivity contribution < 1.29 is 44.3 Å². The van der Waals surface area contributed by atoms with Crippen LogP contribution in [0, 0.1) is 0 Å². The van der Waals surface area contributed by atoms with Crippen molar-refractivity contribution in [3.05, 3.63) is 48.5 Å². The van der Waals surface area contributed by atoms with E-state index in [1.54, 1.807) is 24.3 Å². The average molecular weight is 459 g/mol. The van der Waals surface area contributed by atoms with E-state index in [0.29, 0.717) is 17.8 Å². The van der Waals surface area contributed by atoms with Crippen LogP contribution in [-0.4, -0.2) is 38.2 Å². The Balaban J connectivity index is 2.14. The molecule has 2 aromatic carbocycles. The highest BCUT2D eigenvalue weighted by Crippen LogP contribution is 2.53. The number of azo groups is 1. The lowest BCUT2D eigenvalue weighted by atomic mass is 10.1. The Hall–Kier alpha value is -2.99. The fourth-order valence-corrected chi connectivity index (χ4v) is 2.09. The minimum absolute atomic E-state index is 0.0414. The highest BCUT2D eigenvalue weighted by Gasteiger charge is 2.83. The van der Waals surface area contributed by atoms with Crippen LogP contribution in [0.5, 0.6) is 5.75 Å². The molecule has 13 heteroatoms. The summed E-state index contributed by atoms with van der Waals surface area (Å²) in [7, 11) is 3.65. The third kappa shape index (κ3) is 5.02. The smallest absolute Gasteiger partial charge is 0.428 e. The molecule has 0 fully saturated rings. The van der Waals surface area contributed by atoms with Crippen LogP contribution in [-0.2, 0) is 0 Å². The van der Waals surface area contributed by atoms with E-state index in [1.807, 2.05) is 19.0 Å². The molecular formula is C18H14F9N3O. The summed E-state index contributed by atoms with van der Waals surface area (Å²) in [6.07, 6.45) is -13.1. The summed E-state index contributed by atoms with van der Waals surface area (Å²) in [5.74, 6) is -15.0. The molecule has 2 aromatic rings. The second kappa shape index (κ2) is 8.27. The van der Waals surface area contributed by atoms with Gasteiger partial charge in [-0.05, 0) is 48.5 Å². The number of anilines is 1. The van der Waals surface area contributed by atoms with Crippen LogP contribution in [0.25, 0.3) is 0 Å². The van der Waals surface area contributed by atoms with E-state index < -0.39 is 29.9 Å². The molecule has 2 rings (SSSR count). The van der Waals surface area contributed by atoms with Gasteiger partial charge in [-0.1, -0.05) is 0 Å². The van der Waals surface area contributed by atoms with Gasteiger partial charge in [-0.2, -0.15) is 49.7 Å². The van der Waals surface area contributed by atoms with Gasteiger partial charge in [0.2, 0.25) is 0 Å². The number of hydrogen-bond acceptors (Lipinski definition) is 4. The van der Waals surface area contributed by atoms with Gasteiger partial charge in [0.1, 0.15) is 5.75 Å². The summed E-state index contributed by atoms with van der Waals surface area (Å²) in [5.41, 5.74) is 1.35. The first-order chi connectivity index (χ1) is 14.1. The molecule has 0 aliphatic carbocycles. The van der Waals surface area contributed by atoms with E-state index >= 15 is 0 Å².